The largest absolute Gasteiger partial charge is 0.390 e. The van der Waals surface area contributed by atoms with E-state index in [1.165, 1.54) is 31.3 Å². The molecule has 3 heterocycles. The molecule has 0 aromatic carbocycles. The summed E-state index contributed by atoms with van der Waals surface area (Å²) in [6.07, 6.45) is 15.4. The van der Waals surface area contributed by atoms with Crippen LogP contribution < -0.4 is 0 Å². The summed E-state index contributed by atoms with van der Waals surface area (Å²) in [4.78, 5) is 21.6. The van der Waals surface area contributed by atoms with Crippen molar-refractivity contribution in [3.05, 3.63) is 23.9 Å². The maximum atomic E-state index is 12.5. The maximum absolute atomic E-state index is 12.5. The van der Waals surface area contributed by atoms with Crippen LogP contribution in [0.5, 0.6) is 0 Å². The number of hydrogen-bond donors (Lipinski definition) is 1. The molecule has 2 atom stereocenters. The second kappa shape index (κ2) is 5.94. The molecule has 0 bridgehead atoms. The van der Waals surface area contributed by atoms with Crippen molar-refractivity contribution in [2.45, 2.75) is 57.2 Å². The van der Waals surface area contributed by atoms with Crippen molar-refractivity contribution in [2.75, 3.05) is 20.1 Å². The summed E-state index contributed by atoms with van der Waals surface area (Å²) >= 11 is 0. The van der Waals surface area contributed by atoms with Crippen molar-refractivity contribution in [3.63, 3.8) is 0 Å². The Bertz CT molecular complexity index is 714. The summed E-state index contributed by atoms with van der Waals surface area (Å²) < 4.78 is 0. The number of allylic oxidation sites excluding steroid dienone is 1. The van der Waals surface area contributed by atoms with Crippen LogP contribution in [0.2, 0.25) is 0 Å². The Morgan fingerprint density at radius 3 is 2.63 bits per heavy atom. The molecule has 1 saturated heterocycles. The fraction of sp³-hybridized carbons (Fsp3) is 0.727. The van der Waals surface area contributed by atoms with Gasteiger partial charge in [-0.15, -0.1) is 0 Å². The summed E-state index contributed by atoms with van der Waals surface area (Å²) in [6, 6.07) is 0. The van der Waals surface area contributed by atoms with Crippen LogP contribution in [0.1, 0.15) is 45.4 Å². The fourth-order valence-corrected chi connectivity index (χ4v) is 5.94. The first kappa shape index (κ1) is 17.5. The van der Waals surface area contributed by atoms with Gasteiger partial charge in [-0.25, -0.2) is 0 Å². The quantitative estimate of drug-likeness (QED) is 0.814. The van der Waals surface area contributed by atoms with E-state index < -0.39 is 5.60 Å². The summed E-state index contributed by atoms with van der Waals surface area (Å²) in [7, 11) is 2.09. The van der Waals surface area contributed by atoms with Crippen LogP contribution in [-0.4, -0.2) is 58.9 Å². The van der Waals surface area contributed by atoms with Gasteiger partial charge in [0.1, 0.15) is 6.17 Å². The number of fused-ring (bicyclic) bond motifs is 1. The Labute approximate surface area is 161 Å². The third-order valence-corrected chi connectivity index (χ3v) is 7.67. The number of carbonyl (C=O) groups is 1. The third-order valence-electron chi connectivity index (χ3n) is 7.67. The minimum absolute atomic E-state index is 0.0582. The van der Waals surface area contributed by atoms with E-state index in [-0.39, 0.29) is 18.0 Å². The lowest BCUT2D eigenvalue weighted by atomic mass is 9.63. The Hall–Kier alpha value is -1.62. The van der Waals surface area contributed by atoms with Gasteiger partial charge in [-0.1, -0.05) is 12.2 Å². The number of amides is 1. The first-order chi connectivity index (χ1) is 12.8. The zero-order valence-electron chi connectivity index (χ0n) is 16.5. The number of aliphatic hydroxyl groups is 1. The number of nitrogens with zero attached hydrogens (tertiary/aromatic N) is 3. The van der Waals surface area contributed by atoms with E-state index in [1.807, 2.05) is 11.8 Å². The van der Waals surface area contributed by atoms with Gasteiger partial charge in [0, 0.05) is 43.6 Å². The van der Waals surface area contributed by atoms with E-state index in [9.17, 15) is 9.90 Å². The SMILES string of the molecule is CN1C=CC2C=C(C3CCC4(CC3)CN(C(=O)[C@H]3C[C@@](C)(O)C3)C4)C=NC21. The van der Waals surface area contributed by atoms with Gasteiger partial charge < -0.3 is 14.9 Å². The number of dihydropyridines is 1. The zero-order valence-corrected chi connectivity index (χ0v) is 16.5. The second-order valence-corrected chi connectivity index (χ2v) is 10.0. The molecule has 3 fully saturated rings. The van der Waals surface area contributed by atoms with Crippen LogP contribution in [0.3, 0.4) is 0 Å². The highest BCUT2D eigenvalue weighted by Gasteiger charge is 2.51. The van der Waals surface area contributed by atoms with Crippen molar-refractivity contribution in [1.82, 2.24) is 9.80 Å². The van der Waals surface area contributed by atoms with Gasteiger partial charge in [-0.3, -0.25) is 9.79 Å². The molecule has 27 heavy (non-hydrogen) atoms. The molecule has 5 heteroatoms. The highest BCUT2D eigenvalue weighted by atomic mass is 16.3. The topological polar surface area (TPSA) is 56.1 Å². The molecule has 1 amide bonds. The maximum Gasteiger partial charge on any atom is 0.225 e. The van der Waals surface area contributed by atoms with Crippen LogP contribution in [0.4, 0.5) is 0 Å². The highest BCUT2D eigenvalue weighted by Crippen LogP contribution is 2.49. The molecule has 3 aliphatic heterocycles. The number of hydrogen-bond acceptors (Lipinski definition) is 4. The molecule has 5 nitrogen and oxygen atoms in total. The molecule has 2 saturated carbocycles. The highest BCUT2D eigenvalue weighted by molar-refractivity contribution is 5.81. The number of aliphatic imine (C=N–C) groups is 1. The lowest BCUT2D eigenvalue weighted by Gasteiger charge is -2.55. The van der Waals surface area contributed by atoms with Gasteiger partial charge in [0.2, 0.25) is 5.91 Å². The summed E-state index contributed by atoms with van der Waals surface area (Å²) in [5.41, 5.74) is 1.18. The van der Waals surface area contributed by atoms with Gasteiger partial charge in [0.15, 0.2) is 0 Å². The van der Waals surface area contributed by atoms with Crippen LogP contribution >= 0.6 is 0 Å². The van der Waals surface area contributed by atoms with E-state index in [1.54, 1.807) is 0 Å². The van der Waals surface area contributed by atoms with Gasteiger partial charge in [-0.2, -0.15) is 0 Å². The smallest absolute Gasteiger partial charge is 0.225 e. The molecule has 2 aliphatic carbocycles. The molecular formula is C22H31N3O2. The molecule has 0 radical (unpaired) electrons. The molecule has 2 unspecified atom stereocenters. The summed E-state index contributed by atoms with van der Waals surface area (Å²) in [6.45, 7) is 3.70. The van der Waals surface area contributed by atoms with Gasteiger partial charge >= 0.3 is 0 Å². The number of likely N-dealkylation sites (tertiary alicyclic amines) is 1. The van der Waals surface area contributed by atoms with Crippen molar-refractivity contribution in [1.29, 1.82) is 0 Å². The summed E-state index contributed by atoms with van der Waals surface area (Å²) in [5, 5.41) is 9.88. The van der Waals surface area contributed by atoms with Crippen LogP contribution in [0.15, 0.2) is 28.9 Å². The molecule has 0 aromatic heterocycles. The number of rotatable bonds is 2. The van der Waals surface area contributed by atoms with Crippen molar-refractivity contribution in [3.8, 4) is 0 Å². The minimum Gasteiger partial charge on any atom is -0.390 e. The Balaban J connectivity index is 1.13. The Morgan fingerprint density at radius 2 is 1.96 bits per heavy atom. The van der Waals surface area contributed by atoms with E-state index in [4.69, 9.17) is 4.99 Å². The van der Waals surface area contributed by atoms with E-state index in [0.717, 1.165) is 13.1 Å². The van der Waals surface area contributed by atoms with E-state index >= 15 is 0 Å². The normalized spacial score (nSPS) is 39.8. The Kier molecular flexibility index (Phi) is 3.84. The Morgan fingerprint density at radius 1 is 1.26 bits per heavy atom. The average molecular weight is 370 g/mol. The first-order valence-electron chi connectivity index (χ1n) is 10.5. The molecule has 1 spiro atoms. The predicted octanol–water partition coefficient (Wildman–Crippen LogP) is 2.58. The van der Waals surface area contributed by atoms with Gasteiger partial charge in [0.25, 0.3) is 0 Å². The average Bonchev–Trinajstić information content (AvgIpc) is 2.97. The molecule has 5 rings (SSSR count). The lowest BCUT2D eigenvalue weighted by Crippen LogP contribution is -2.62. The predicted molar refractivity (Wildman–Crippen MR) is 105 cm³/mol. The number of carbonyl (C=O) groups excluding carboxylic acids is 1. The van der Waals surface area contributed by atoms with E-state index in [0.29, 0.717) is 30.1 Å². The minimum atomic E-state index is -0.613. The molecule has 146 valence electrons. The fourth-order valence-electron chi connectivity index (χ4n) is 5.94. The van der Waals surface area contributed by atoms with Crippen LogP contribution in [-0.2, 0) is 4.79 Å². The van der Waals surface area contributed by atoms with Gasteiger partial charge in [0.05, 0.1) is 5.60 Å². The van der Waals surface area contributed by atoms with Crippen LogP contribution in [0, 0.1) is 23.2 Å². The monoisotopic (exact) mass is 369 g/mol. The summed E-state index contributed by atoms with van der Waals surface area (Å²) in [5.74, 6) is 1.40. The second-order valence-electron chi connectivity index (χ2n) is 10.0. The van der Waals surface area contributed by atoms with Crippen molar-refractivity contribution >= 4 is 12.1 Å². The van der Waals surface area contributed by atoms with Crippen molar-refractivity contribution in [2.24, 2.45) is 28.2 Å². The molecular weight excluding hydrogens is 338 g/mol. The van der Waals surface area contributed by atoms with Crippen molar-refractivity contribution < 1.29 is 9.90 Å². The molecule has 1 N–H and O–H groups in total. The third kappa shape index (κ3) is 2.95. The first-order valence-corrected chi connectivity index (χ1v) is 10.5. The zero-order chi connectivity index (χ0) is 18.8. The standard InChI is InChI=1S/C22H31N3O2/c1-21(27)10-18(11-21)20(26)25-13-22(14-25)6-3-15(4-7-22)17-9-16-5-8-24(2)19(16)23-12-17/h5,8-9,12,15-16,18-19,27H,3-4,6-7,10-11,13-14H2,1-2H3/t16?,18-,19?,21+. The lowest BCUT2D eigenvalue weighted by molar-refractivity contribution is -0.163. The van der Waals surface area contributed by atoms with Gasteiger partial charge in [-0.05, 0) is 63.1 Å². The molecule has 0 aromatic rings. The molecule has 5 aliphatic rings. The van der Waals surface area contributed by atoms with E-state index in [2.05, 4.69) is 36.5 Å². The van der Waals surface area contributed by atoms with Crippen LogP contribution in [0.25, 0.3) is 0 Å².